The van der Waals surface area contributed by atoms with Crippen LogP contribution >= 0.6 is 0 Å². The summed E-state index contributed by atoms with van der Waals surface area (Å²) in [7, 11) is 0. The van der Waals surface area contributed by atoms with Gasteiger partial charge in [0.25, 0.3) is 0 Å². The van der Waals surface area contributed by atoms with Gasteiger partial charge in [-0.15, -0.1) is 0 Å². The van der Waals surface area contributed by atoms with Gasteiger partial charge in [-0.1, -0.05) is 12.1 Å². The van der Waals surface area contributed by atoms with Gasteiger partial charge in [-0.05, 0) is 24.3 Å². The molecule has 3 heterocycles. The van der Waals surface area contributed by atoms with Crippen molar-refractivity contribution in [3.05, 3.63) is 61.2 Å². The average molecular weight is 260 g/mol. The maximum atomic E-state index is 6.04. The zero-order chi connectivity index (χ0) is 13.5. The van der Waals surface area contributed by atoms with Crippen LogP contribution in [0.5, 0.6) is 0 Å². The molecule has 4 aromatic rings. The fourth-order valence-electron chi connectivity index (χ4n) is 2.49. The maximum absolute atomic E-state index is 6.04. The summed E-state index contributed by atoms with van der Waals surface area (Å²) in [5.41, 5.74) is 7.84. The first-order valence-corrected chi connectivity index (χ1v) is 6.39. The lowest BCUT2D eigenvalue weighted by Gasteiger charge is -2.07. The number of nitrogens with two attached hydrogens (primary N) is 1. The number of nitrogen functional groups attached to an aromatic ring is 1. The van der Waals surface area contributed by atoms with Gasteiger partial charge < -0.3 is 5.73 Å². The Kier molecular flexibility index (Phi) is 2.23. The SMILES string of the molecule is Nc1cccc2cnc(-n3ccc4ccncc43)cc12. The standard InChI is InChI=1S/C16H12N4/c17-14-3-1-2-12-9-19-16(8-13(12)14)20-7-5-11-4-6-18-10-15(11)20/h1-10H,17H2. The average Bonchev–Trinajstić information content (AvgIpc) is 2.91. The van der Waals surface area contributed by atoms with E-state index in [1.165, 1.54) is 0 Å². The number of benzene rings is 1. The van der Waals surface area contributed by atoms with Crippen LogP contribution in [0.1, 0.15) is 0 Å². The number of pyridine rings is 2. The molecule has 0 aliphatic rings. The highest BCUT2D eigenvalue weighted by molar-refractivity contribution is 5.93. The Morgan fingerprint density at radius 1 is 1.00 bits per heavy atom. The summed E-state index contributed by atoms with van der Waals surface area (Å²) >= 11 is 0. The molecule has 0 spiro atoms. The van der Waals surface area contributed by atoms with Gasteiger partial charge >= 0.3 is 0 Å². The number of rotatable bonds is 1. The second-order valence-corrected chi connectivity index (χ2v) is 4.73. The monoisotopic (exact) mass is 260 g/mol. The molecule has 0 amide bonds. The first-order chi connectivity index (χ1) is 9.83. The largest absolute Gasteiger partial charge is 0.398 e. The van der Waals surface area contributed by atoms with E-state index >= 15 is 0 Å². The fraction of sp³-hybridized carbons (Fsp3) is 0. The Labute approximate surface area is 115 Å². The first-order valence-electron chi connectivity index (χ1n) is 6.39. The second kappa shape index (κ2) is 4.06. The van der Waals surface area contributed by atoms with Gasteiger partial charge in [0.2, 0.25) is 0 Å². The van der Waals surface area contributed by atoms with E-state index in [9.17, 15) is 0 Å². The van der Waals surface area contributed by atoms with Gasteiger partial charge in [0.1, 0.15) is 5.82 Å². The van der Waals surface area contributed by atoms with Crippen molar-refractivity contribution < 1.29 is 0 Å². The number of nitrogens with zero attached hydrogens (tertiary/aromatic N) is 3. The molecule has 96 valence electrons. The summed E-state index contributed by atoms with van der Waals surface area (Å²) in [6.07, 6.45) is 7.48. The zero-order valence-corrected chi connectivity index (χ0v) is 10.7. The van der Waals surface area contributed by atoms with Crippen molar-refractivity contribution in [2.24, 2.45) is 0 Å². The summed E-state index contributed by atoms with van der Waals surface area (Å²) in [5, 5.41) is 3.20. The van der Waals surface area contributed by atoms with E-state index in [-0.39, 0.29) is 0 Å². The maximum Gasteiger partial charge on any atom is 0.137 e. The van der Waals surface area contributed by atoms with Crippen molar-refractivity contribution in [3.63, 3.8) is 0 Å². The summed E-state index contributed by atoms with van der Waals surface area (Å²) in [6, 6.07) is 11.9. The van der Waals surface area contributed by atoms with E-state index in [1.807, 2.05) is 53.5 Å². The summed E-state index contributed by atoms with van der Waals surface area (Å²) in [5.74, 6) is 0.846. The molecule has 0 aliphatic carbocycles. The molecule has 0 unspecified atom stereocenters. The van der Waals surface area contributed by atoms with Gasteiger partial charge in [-0.3, -0.25) is 9.55 Å². The molecule has 0 saturated carbocycles. The third kappa shape index (κ3) is 1.55. The molecule has 4 nitrogen and oxygen atoms in total. The smallest absolute Gasteiger partial charge is 0.137 e. The molecule has 1 aromatic carbocycles. The molecule has 0 fully saturated rings. The van der Waals surface area contributed by atoms with Crippen LogP contribution in [0.25, 0.3) is 27.5 Å². The van der Waals surface area contributed by atoms with Crippen LogP contribution in [0, 0.1) is 0 Å². The predicted octanol–water partition coefficient (Wildman–Crippen LogP) is 3.16. The number of anilines is 1. The third-order valence-corrected chi connectivity index (χ3v) is 3.53. The summed E-state index contributed by atoms with van der Waals surface area (Å²) in [4.78, 5) is 8.70. The van der Waals surface area contributed by atoms with E-state index in [1.54, 1.807) is 6.20 Å². The second-order valence-electron chi connectivity index (χ2n) is 4.73. The van der Waals surface area contributed by atoms with Crippen molar-refractivity contribution in [2.75, 3.05) is 5.73 Å². The summed E-state index contributed by atoms with van der Waals surface area (Å²) < 4.78 is 2.02. The molecule has 0 atom stereocenters. The molecule has 3 aromatic heterocycles. The van der Waals surface area contributed by atoms with Crippen molar-refractivity contribution in [1.82, 2.24) is 14.5 Å². The topological polar surface area (TPSA) is 56.7 Å². The minimum atomic E-state index is 0.765. The Balaban J connectivity index is 2.00. The van der Waals surface area contributed by atoms with Gasteiger partial charge in [0.15, 0.2) is 0 Å². The first kappa shape index (κ1) is 11.0. The summed E-state index contributed by atoms with van der Waals surface area (Å²) in [6.45, 7) is 0. The Bertz CT molecular complexity index is 924. The van der Waals surface area contributed by atoms with E-state index in [0.717, 1.165) is 33.2 Å². The van der Waals surface area contributed by atoms with E-state index < -0.39 is 0 Å². The molecular formula is C16H12N4. The minimum absolute atomic E-state index is 0.765. The van der Waals surface area contributed by atoms with E-state index in [0.29, 0.717) is 0 Å². The van der Waals surface area contributed by atoms with Gasteiger partial charge in [-0.25, -0.2) is 4.98 Å². The lowest BCUT2D eigenvalue weighted by Crippen LogP contribution is -1.97. The van der Waals surface area contributed by atoms with Gasteiger partial charge in [-0.2, -0.15) is 0 Å². The Morgan fingerprint density at radius 2 is 1.95 bits per heavy atom. The van der Waals surface area contributed by atoms with Crippen LogP contribution in [0.15, 0.2) is 61.2 Å². The highest BCUT2D eigenvalue weighted by Gasteiger charge is 2.06. The highest BCUT2D eigenvalue weighted by atomic mass is 15.1. The van der Waals surface area contributed by atoms with Gasteiger partial charge in [0, 0.05) is 40.4 Å². The van der Waals surface area contributed by atoms with Gasteiger partial charge in [0.05, 0.1) is 11.7 Å². The number of aromatic nitrogens is 3. The Morgan fingerprint density at radius 3 is 2.90 bits per heavy atom. The quantitative estimate of drug-likeness (QED) is 0.535. The van der Waals surface area contributed by atoms with E-state index in [2.05, 4.69) is 16.0 Å². The fourth-order valence-corrected chi connectivity index (χ4v) is 2.49. The van der Waals surface area contributed by atoms with Crippen LogP contribution in [0.4, 0.5) is 5.69 Å². The lowest BCUT2D eigenvalue weighted by atomic mass is 10.1. The van der Waals surface area contributed by atoms with Crippen molar-refractivity contribution in [2.45, 2.75) is 0 Å². The molecule has 0 saturated heterocycles. The molecule has 4 heteroatoms. The Hall–Kier alpha value is -2.88. The predicted molar refractivity (Wildman–Crippen MR) is 80.8 cm³/mol. The number of hydrogen-bond donors (Lipinski definition) is 1. The zero-order valence-electron chi connectivity index (χ0n) is 10.7. The molecule has 0 bridgehead atoms. The third-order valence-electron chi connectivity index (χ3n) is 3.53. The van der Waals surface area contributed by atoms with Crippen molar-refractivity contribution >= 4 is 27.4 Å². The number of hydrogen-bond acceptors (Lipinski definition) is 3. The van der Waals surface area contributed by atoms with Crippen LogP contribution in [-0.2, 0) is 0 Å². The molecular weight excluding hydrogens is 248 g/mol. The van der Waals surface area contributed by atoms with Crippen LogP contribution < -0.4 is 5.73 Å². The molecule has 20 heavy (non-hydrogen) atoms. The van der Waals surface area contributed by atoms with Crippen LogP contribution in [-0.4, -0.2) is 14.5 Å². The lowest BCUT2D eigenvalue weighted by molar-refractivity contribution is 1.05. The normalized spacial score (nSPS) is 11.2. The molecule has 0 radical (unpaired) electrons. The molecule has 2 N–H and O–H groups in total. The van der Waals surface area contributed by atoms with Crippen molar-refractivity contribution in [1.29, 1.82) is 0 Å². The van der Waals surface area contributed by atoms with Crippen LogP contribution in [0.3, 0.4) is 0 Å². The minimum Gasteiger partial charge on any atom is -0.398 e. The highest BCUT2D eigenvalue weighted by Crippen LogP contribution is 2.24. The number of fused-ring (bicyclic) bond motifs is 2. The van der Waals surface area contributed by atoms with Crippen LogP contribution in [0.2, 0.25) is 0 Å². The van der Waals surface area contributed by atoms with Crippen molar-refractivity contribution in [3.8, 4) is 5.82 Å². The molecule has 4 rings (SSSR count). The molecule has 0 aliphatic heterocycles. The van der Waals surface area contributed by atoms with E-state index in [4.69, 9.17) is 5.73 Å².